The van der Waals surface area contributed by atoms with Gasteiger partial charge in [-0.3, -0.25) is 4.72 Å². The van der Waals surface area contributed by atoms with Crippen molar-refractivity contribution in [3.05, 3.63) is 101 Å². The van der Waals surface area contributed by atoms with Gasteiger partial charge in [-0.2, -0.15) is 5.10 Å². The summed E-state index contributed by atoms with van der Waals surface area (Å²) in [6, 6.07) is 23.0. The van der Waals surface area contributed by atoms with Crippen LogP contribution in [0.4, 0.5) is 4.79 Å². The Labute approximate surface area is 217 Å². The van der Waals surface area contributed by atoms with Crippen molar-refractivity contribution in [2.45, 2.75) is 39.0 Å². The molecule has 0 aliphatic carbocycles. The third kappa shape index (κ3) is 7.05. The van der Waals surface area contributed by atoms with E-state index < -0.39 is 16.1 Å². The van der Waals surface area contributed by atoms with E-state index in [1.807, 2.05) is 4.68 Å². The molecule has 0 aliphatic heterocycles. The molecule has 0 saturated carbocycles. The van der Waals surface area contributed by atoms with Gasteiger partial charge in [0.15, 0.2) is 0 Å². The number of carboxylic acid groups (broad SMARTS) is 1. The number of rotatable bonds is 6. The number of benzene rings is 3. The second-order valence-corrected chi connectivity index (χ2v) is 10.5. The molecular formula is C28H32N4O4S. The number of sulfonamides is 1. The van der Waals surface area contributed by atoms with Crippen molar-refractivity contribution >= 4 is 16.1 Å². The Morgan fingerprint density at radius 1 is 0.946 bits per heavy atom. The van der Waals surface area contributed by atoms with E-state index >= 15 is 0 Å². The molecule has 3 aromatic carbocycles. The fraction of sp³-hybridized carbons (Fsp3) is 0.214. The molecule has 0 saturated heterocycles. The minimum Gasteiger partial charge on any atom is -0.529 e. The van der Waals surface area contributed by atoms with Crippen molar-refractivity contribution in [2.24, 2.45) is 0 Å². The molecule has 0 radical (unpaired) electrons. The first-order valence-electron chi connectivity index (χ1n) is 11.8. The van der Waals surface area contributed by atoms with Gasteiger partial charge in [-0.15, -0.1) is 0 Å². The van der Waals surface area contributed by atoms with Crippen molar-refractivity contribution in [3.8, 4) is 16.8 Å². The van der Waals surface area contributed by atoms with Gasteiger partial charge in [-0.05, 0) is 63.1 Å². The van der Waals surface area contributed by atoms with Gasteiger partial charge in [0.05, 0.1) is 22.8 Å². The normalized spacial score (nSPS) is 10.9. The summed E-state index contributed by atoms with van der Waals surface area (Å²) in [4.78, 5) is 9.95. The van der Waals surface area contributed by atoms with E-state index in [-0.39, 0.29) is 4.90 Å². The molecule has 1 amide bonds. The van der Waals surface area contributed by atoms with Crippen LogP contribution in [0.3, 0.4) is 0 Å². The minimum atomic E-state index is -3.99. The van der Waals surface area contributed by atoms with Crippen molar-refractivity contribution in [1.29, 1.82) is 0 Å². The second kappa shape index (κ2) is 11.9. The molecule has 4 rings (SSSR count). The van der Waals surface area contributed by atoms with Crippen LogP contribution in [-0.4, -0.2) is 30.8 Å². The lowest BCUT2D eigenvalue weighted by molar-refractivity contribution is -0.366. The van der Waals surface area contributed by atoms with Crippen LogP contribution in [0, 0.1) is 27.7 Å². The van der Waals surface area contributed by atoms with Gasteiger partial charge >= 0.3 is 0 Å². The number of hydrogen-bond donors (Lipinski definition) is 2. The lowest BCUT2D eigenvalue weighted by Gasteiger charge is -2.07. The fourth-order valence-electron chi connectivity index (χ4n) is 4.01. The molecule has 0 fully saturated rings. The van der Waals surface area contributed by atoms with Gasteiger partial charge in [0.25, 0.3) is 10.0 Å². The molecule has 1 heterocycles. The van der Waals surface area contributed by atoms with E-state index in [2.05, 4.69) is 75.0 Å². The predicted octanol–water partition coefficient (Wildman–Crippen LogP) is 2.87. The Balaban J connectivity index is 0.000000233. The summed E-state index contributed by atoms with van der Waals surface area (Å²) in [5, 5.41) is 14.8. The first-order chi connectivity index (χ1) is 17.5. The van der Waals surface area contributed by atoms with E-state index in [1.54, 1.807) is 19.1 Å². The van der Waals surface area contributed by atoms with Crippen LogP contribution in [0.1, 0.15) is 28.1 Å². The number of hydrogen-bond acceptors (Lipinski definition) is 5. The van der Waals surface area contributed by atoms with Gasteiger partial charge < -0.3 is 15.6 Å². The summed E-state index contributed by atoms with van der Waals surface area (Å²) >= 11 is 0. The molecular weight excluding hydrogens is 488 g/mol. The molecule has 0 spiro atoms. The van der Waals surface area contributed by atoms with Crippen LogP contribution in [-0.2, 0) is 16.4 Å². The van der Waals surface area contributed by atoms with Gasteiger partial charge in [0.1, 0.15) is 6.09 Å². The summed E-state index contributed by atoms with van der Waals surface area (Å²) in [7, 11) is -3.99. The first-order valence-corrected chi connectivity index (χ1v) is 13.3. The van der Waals surface area contributed by atoms with Crippen molar-refractivity contribution < 1.29 is 24.1 Å². The Hall–Kier alpha value is -3.95. The lowest BCUT2D eigenvalue weighted by atomic mass is 10.0. The van der Waals surface area contributed by atoms with Gasteiger partial charge in [0.2, 0.25) is 0 Å². The van der Waals surface area contributed by atoms with E-state index in [1.165, 1.54) is 44.8 Å². The zero-order chi connectivity index (χ0) is 27.2. The topological polar surface area (TPSA) is 132 Å². The summed E-state index contributed by atoms with van der Waals surface area (Å²) in [6.07, 6.45) is -0.822. The Morgan fingerprint density at radius 2 is 1.59 bits per heavy atom. The highest BCUT2D eigenvalue weighted by molar-refractivity contribution is 7.90. The molecule has 1 aromatic heterocycles. The average Bonchev–Trinajstić information content (AvgIpc) is 3.13. The maximum Gasteiger partial charge on any atom is 0.262 e. The number of amides is 1. The number of carbonyl (C=O) groups is 1. The van der Waals surface area contributed by atoms with Crippen LogP contribution in [0.2, 0.25) is 0 Å². The van der Waals surface area contributed by atoms with E-state index in [4.69, 9.17) is 5.10 Å². The molecule has 0 unspecified atom stereocenters. The Morgan fingerprint density at radius 3 is 2.16 bits per heavy atom. The van der Waals surface area contributed by atoms with Gasteiger partial charge in [-0.1, -0.05) is 59.7 Å². The zero-order valence-corrected chi connectivity index (χ0v) is 22.3. The van der Waals surface area contributed by atoms with Crippen molar-refractivity contribution in [1.82, 2.24) is 14.5 Å². The summed E-state index contributed by atoms with van der Waals surface area (Å²) in [6.45, 7) is 9.07. The molecule has 194 valence electrons. The van der Waals surface area contributed by atoms with Crippen molar-refractivity contribution in [2.75, 3.05) is 6.54 Å². The smallest absolute Gasteiger partial charge is 0.262 e. The number of aromatic nitrogens is 2. The van der Waals surface area contributed by atoms with Crippen molar-refractivity contribution in [3.63, 3.8) is 0 Å². The highest BCUT2D eigenvalue weighted by Crippen LogP contribution is 2.29. The highest BCUT2D eigenvalue weighted by Gasteiger charge is 2.15. The molecule has 4 N–H and O–H groups in total. The zero-order valence-electron chi connectivity index (χ0n) is 21.5. The summed E-state index contributed by atoms with van der Waals surface area (Å²) in [5.41, 5.74) is 13.2. The second-order valence-electron chi connectivity index (χ2n) is 8.80. The number of nitrogens with zero attached hydrogens (tertiary/aromatic N) is 2. The van der Waals surface area contributed by atoms with E-state index in [9.17, 15) is 18.3 Å². The summed E-state index contributed by atoms with van der Waals surface area (Å²) in [5.74, 6) is 0. The van der Waals surface area contributed by atoms with Gasteiger partial charge in [-0.25, -0.2) is 13.1 Å². The van der Waals surface area contributed by atoms with E-state index in [0.29, 0.717) is 0 Å². The monoisotopic (exact) mass is 520 g/mol. The van der Waals surface area contributed by atoms with E-state index in [0.717, 1.165) is 29.9 Å². The average molecular weight is 521 g/mol. The quantitative estimate of drug-likeness (QED) is 0.404. The maximum absolute atomic E-state index is 11.2. The SMILES string of the molecule is Cc1ccc(S(=O)(=O)NC(=O)[O-])cc1.Cc1cccc(-c2c(C)nn(-c3ccc(CC[NH3+])cc3)c2C)c1. The number of aryl methyl sites for hydroxylation is 3. The molecule has 9 heteroatoms. The maximum atomic E-state index is 11.2. The first kappa shape index (κ1) is 27.6. The standard InChI is InChI=1S/C20H23N3.C8H9NO4S/c1-14-5-4-6-18(13-14)20-15(2)22-23(16(20)3)19-9-7-17(8-10-19)11-12-21;1-6-2-4-7(5-3-6)14(12,13)9-8(10)11/h4-10,13H,11-12,21H2,1-3H3;2-5,9H,1H3,(H,10,11). The van der Waals surface area contributed by atoms with Crippen LogP contribution < -0.4 is 15.6 Å². The third-order valence-electron chi connectivity index (χ3n) is 5.79. The molecule has 8 nitrogen and oxygen atoms in total. The number of quaternary nitrogens is 1. The number of nitrogens with one attached hydrogen (secondary N) is 1. The number of carbonyl (C=O) groups excluding carboxylic acids is 1. The predicted molar refractivity (Wildman–Crippen MR) is 142 cm³/mol. The highest BCUT2D eigenvalue weighted by atomic mass is 32.2. The Bertz CT molecular complexity index is 1480. The fourth-order valence-corrected chi connectivity index (χ4v) is 4.84. The molecule has 4 aromatic rings. The largest absolute Gasteiger partial charge is 0.529 e. The van der Waals surface area contributed by atoms with Crippen LogP contribution >= 0.6 is 0 Å². The summed E-state index contributed by atoms with van der Waals surface area (Å²) < 4.78 is 25.8. The Kier molecular flexibility index (Phi) is 8.86. The molecule has 0 aliphatic rings. The van der Waals surface area contributed by atoms with Crippen LogP contribution in [0.25, 0.3) is 16.8 Å². The minimum absolute atomic E-state index is 0.104. The van der Waals surface area contributed by atoms with Gasteiger partial charge in [0, 0.05) is 17.7 Å². The molecule has 0 bridgehead atoms. The molecule has 0 atom stereocenters. The lowest BCUT2D eigenvalue weighted by Crippen LogP contribution is -2.51. The van der Waals surface area contributed by atoms with Crippen LogP contribution in [0.5, 0.6) is 0 Å². The third-order valence-corrected chi connectivity index (χ3v) is 7.12. The van der Waals surface area contributed by atoms with Crippen LogP contribution in [0.15, 0.2) is 77.7 Å². The molecule has 37 heavy (non-hydrogen) atoms.